The highest BCUT2D eigenvalue weighted by Gasteiger charge is 2.26. The molecule has 98 valence electrons. The molecule has 0 aliphatic heterocycles. The Labute approximate surface area is 109 Å². The minimum Gasteiger partial charge on any atom is -0.462 e. The third-order valence-electron chi connectivity index (χ3n) is 3.29. The van der Waals surface area contributed by atoms with E-state index in [4.69, 9.17) is 4.74 Å². The van der Waals surface area contributed by atoms with Crippen molar-refractivity contribution in [3.05, 3.63) is 35.4 Å². The van der Waals surface area contributed by atoms with E-state index in [1.54, 1.807) is 0 Å². The fourth-order valence-corrected chi connectivity index (χ4v) is 2.43. The van der Waals surface area contributed by atoms with Crippen molar-refractivity contribution in [2.75, 3.05) is 0 Å². The summed E-state index contributed by atoms with van der Waals surface area (Å²) in [5, 5.41) is 3.37. The van der Waals surface area contributed by atoms with Gasteiger partial charge in [0, 0.05) is 6.04 Å². The molecule has 1 aliphatic carbocycles. The van der Waals surface area contributed by atoms with E-state index in [-0.39, 0.29) is 24.2 Å². The molecule has 2 rings (SSSR count). The first-order chi connectivity index (χ1) is 8.58. The van der Waals surface area contributed by atoms with Crippen LogP contribution in [0.25, 0.3) is 0 Å². The van der Waals surface area contributed by atoms with Gasteiger partial charge in [-0.1, -0.05) is 24.3 Å². The van der Waals surface area contributed by atoms with Crippen LogP contribution in [-0.4, -0.2) is 18.1 Å². The molecule has 0 saturated carbocycles. The second kappa shape index (κ2) is 5.53. The van der Waals surface area contributed by atoms with Crippen LogP contribution in [-0.2, 0) is 16.0 Å². The first kappa shape index (κ1) is 13.1. The zero-order valence-electron chi connectivity index (χ0n) is 11.3. The van der Waals surface area contributed by atoms with Gasteiger partial charge in [-0.3, -0.25) is 10.1 Å². The molecular weight excluding hydrogens is 226 g/mol. The lowest BCUT2D eigenvalue weighted by molar-refractivity contribution is -0.149. The Hall–Kier alpha value is -1.35. The molecule has 1 aromatic carbocycles. The number of esters is 1. The topological polar surface area (TPSA) is 38.3 Å². The van der Waals surface area contributed by atoms with Gasteiger partial charge in [-0.2, -0.15) is 0 Å². The minimum absolute atomic E-state index is 0.0578. The normalized spacial score (nSPS) is 19.7. The number of rotatable bonds is 4. The monoisotopic (exact) mass is 247 g/mol. The van der Waals surface area contributed by atoms with Gasteiger partial charge >= 0.3 is 5.97 Å². The maximum absolute atomic E-state index is 11.8. The number of carbonyl (C=O) groups excluding carboxylic acids is 1. The number of hydrogen-bond donors (Lipinski definition) is 1. The Morgan fingerprint density at radius 1 is 1.33 bits per heavy atom. The van der Waals surface area contributed by atoms with Gasteiger partial charge in [-0.05, 0) is 44.7 Å². The fourth-order valence-electron chi connectivity index (χ4n) is 2.43. The van der Waals surface area contributed by atoms with Crippen molar-refractivity contribution in [1.29, 1.82) is 0 Å². The molecule has 0 bridgehead atoms. The second-order valence-corrected chi connectivity index (χ2v) is 5.16. The Kier molecular flexibility index (Phi) is 4.02. The summed E-state index contributed by atoms with van der Waals surface area (Å²) in [6, 6.07) is 8.43. The summed E-state index contributed by atoms with van der Waals surface area (Å²) < 4.78 is 5.21. The Morgan fingerprint density at radius 3 is 2.78 bits per heavy atom. The van der Waals surface area contributed by atoms with Crippen LogP contribution < -0.4 is 5.32 Å². The van der Waals surface area contributed by atoms with Gasteiger partial charge < -0.3 is 4.74 Å². The van der Waals surface area contributed by atoms with Crippen LogP contribution in [0.4, 0.5) is 0 Å². The van der Waals surface area contributed by atoms with Gasteiger partial charge in [0.2, 0.25) is 0 Å². The van der Waals surface area contributed by atoms with E-state index < -0.39 is 0 Å². The largest absolute Gasteiger partial charge is 0.462 e. The van der Waals surface area contributed by atoms with E-state index in [0.717, 1.165) is 12.8 Å². The molecule has 1 aliphatic rings. The average Bonchev–Trinajstić information content (AvgIpc) is 2.72. The molecule has 18 heavy (non-hydrogen) atoms. The number of nitrogens with one attached hydrogen (secondary N) is 1. The van der Waals surface area contributed by atoms with Gasteiger partial charge in [0.25, 0.3) is 0 Å². The first-order valence-electron chi connectivity index (χ1n) is 6.62. The number of carbonyl (C=O) groups is 1. The zero-order valence-corrected chi connectivity index (χ0v) is 11.3. The molecule has 3 heteroatoms. The summed E-state index contributed by atoms with van der Waals surface area (Å²) in [7, 11) is 0. The van der Waals surface area contributed by atoms with Crippen LogP contribution in [0.5, 0.6) is 0 Å². The van der Waals surface area contributed by atoms with Crippen molar-refractivity contribution in [3.63, 3.8) is 0 Å². The lowest BCUT2D eigenvalue weighted by Gasteiger charge is -2.20. The fraction of sp³-hybridized carbons (Fsp3) is 0.533. The van der Waals surface area contributed by atoms with E-state index in [2.05, 4.69) is 29.6 Å². The Balaban J connectivity index is 1.97. The van der Waals surface area contributed by atoms with Crippen LogP contribution in [0.1, 0.15) is 44.4 Å². The van der Waals surface area contributed by atoms with Crippen molar-refractivity contribution in [1.82, 2.24) is 5.32 Å². The van der Waals surface area contributed by atoms with E-state index in [0.29, 0.717) is 0 Å². The SMILES string of the molecule is CC(C)OC(=O)[C@H](C)N[C@H]1CCc2ccccc21. The van der Waals surface area contributed by atoms with E-state index in [9.17, 15) is 4.79 Å². The summed E-state index contributed by atoms with van der Waals surface area (Å²) in [4.78, 5) is 11.8. The van der Waals surface area contributed by atoms with Gasteiger partial charge in [-0.25, -0.2) is 0 Å². The van der Waals surface area contributed by atoms with Crippen LogP contribution >= 0.6 is 0 Å². The lowest BCUT2D eigenvalue weighted by atomic mass is 10.1. The van der Waals surface area contributed by atoms with Gasteiger partial charge in [0.05, 0.1) is 6.10 Å². The van der Waals surface area contributed by atoms with E-state index in [1.807, 2.05) is 20.8 Å². The molecule has 0 unspecified atom stereocenters. The molecular formula is C15H21NO2. The molecule has 1 aromatic rings. The highest BCUT2D eigenvalue weighted by atomic mass is 16.5. The molecule has 3 nitrogen and oxygen atoms in total. The van der Waals surface area contributed by atoms with Crippen molar-refractivity contribution in [2.45, 2.75) is 51.8 Å². The van der Waals surface area contributed by atoms with Gasteiger partial charge in [0.15, 0.2) is 0 Å². The van der Waals surface area contributed by atoms with Crippen molar-refractivity contribution < 1.29 is 9.53 Å². The molecule has 0 radical (unpaired) electrons. The molecule has 0 amide bonds. The number of benzene rings is 1. The first-order valence-corrected chi connectivity index (χ1v) is 6.62. The number of fused-ring (bicyclic) bond motifs is 1. The number of ether oxygens (including phenoxy) is 1. The molecule has 1 N–H and O–H groups in total. The highest BCUT2D eigenvalue weighted by molar-refractivity contribution is 5.75. The van der Waals surface area contributed by atoms with Gasteiger partial charge in [0.1, 0.15) is 6.04 Å². The smallest absolute Gasteiger partial charge is 0.323 e. The predicted octanol–water partition coefficient (Wildman–Crippen LogP) is 2.60. The zero-order chi connectivity index (χ0) is 13.1. The van der Waals surface area contributed by atoms with Gasteiger partial charge in [-0.15, -0.1) is 0 Å². The van der Waals surface area contributed by atoms with Crippen LogP contribution in [0, 0.1) is 0 Å². The third-order valence-corrected chi connectivity index (χ3v) is 3.29. The predicted molar refractivity (Wildman–Crippen MR) is 71.3 cm³/mol. The van der Waals surface area contributed by atoms with Crippen LogP contribution in [0.3, 0.4) is 0 Å². The Bertz CT molecular complexity index is 428. The summed E-state index contributed by atoms with van der Waals surface area (Å²) >= 11 is 0. The maximum Gasteiger partial charge on any atom is 0.323 e. The summed E-state index contributed by atoms with van der Waals surface area (Å²) in [5.41, 5.74) is 2.71. The number of aryl methyl sites for hydroxylation is 1. The Morgan fingerprint density at radius 2 is 2.06 bits per heavy atom. The quantitative estimate of drug-likeness (QED) is 0.831. The molecule has 0 aromatic heterocycles. The molecule has 0 spiro atoms. The lowest BCUT2D eigenvalue weighted by Crippen LogP contribution is -2.38. The minimum atomic E-state index is -0.261. The van der Waals surface area contributed by atoms with E-state index >= 15 is 0 Å². The molecule has 0 fully saturated rings. The number of hydrogen-bond acceptors (Lipinski definition) is 3. The standard InChI is InChI=1S/C15H21NO2/c1-10(2)18-15(17)11(3)16-14-9-8-12-6-4-5-7-13(12)14/h4-7,10-11,14,16H,8-9H2,1-3H3/t11-,14-/m0/s1. The van der Waals surface area contributed by atoms with Crippen LogP contribution in [0.2, 0.25) is 0 Å². The molecule has 0 saturated heterocycles. The van der Waals surface area contributed by atoms with Crippen molar-refractivity contribution in [3.8, 4) is 0 Å². The second-order valence-electron chi connectivity index (χ2n) is 5.16. The summed E-state index contributed by atoms with van der Waals surface area (Å²) in [6.45, 7) is 5.61. The average molecular weight is 247 g/mol. The van der Waals surface area contributed by atoms with Crippen LogP contribution in [0.15, 0.2) is 24.3 Å². The summed E-state index contributed by atoms with van der Waals surface area (Å²) in [6.07, 6.45) is 2.08. The molecule has 2 atom stereocenters. The highest BCUT2D eigenvalue weighted by Crippen LogP contribution is 2.30. The van der Waals surface area contributed by atoms with E-state index in [1.165, 1.54) is 11.1 Å². The molecule has 0 heterocycles. The maximum atomic E-state index is 11.8. The third kappa shape index (κ3) is 2.91. The van der Waals surface area contributed by atoms with Crippen molar-refractivity contribution >= 4 is 5.97 Å². The van der Waals surface area contributed by atoms with Crippen molar-refractivity contribution in [2.24, 2.45) is 0 Å². The summed E-state index contributed by atoms with van der Waals surface area (Å²) in [5.74, 6) is -0.172.